The summed E-state index contributed by atoms with van der Waals surface area (Å²) in [5, 5.41) is 10.7. The number of carbonyl (C=O) groups is 1. The molecule has 0 radical (unpaired) electrons. The Morgan fingerprint density at radius 2 is 1.77 bits per heavy atom. The second kappa shape index (κ2) is 8.40. The molecule has 6 rings (SSSR count). The van der Waals surface area contributed by atoms with Gasteiger partial charge in [0.05, 0.1) is 12.1 Å². The highest BCUT2D eigenvalue weighted by molar-refractivity contribution is 5.78. The van der Waals surface area contributed by atoms with E-state index in [1.165, 1.54) is 0 Å². The SMILES string of the molecule is O=C(COc1ccc(F)cc1F)NC12CCC(c3nnc(C4(OC(F)(F)F)CCC4)o3)(CC1)OC2. The summed E-state index contributed by atoms with van der Waals surface area (Å²) in [6, 6.07) is 2.78. The zero-order chi connectivity index (χ0) is 24.9. The van der Waals surface area contributed by atoms with Crippen molar-refractivity contribution in [3.05, 3.63) is 41.6 Å². The second-order valence-electron chi connectivity index (χ2n) is 9.28. The van der Waals surface area contributed by atoms with Crippen molar-refractivity contribution >= 4 is 5.91 Å². The number of hydrogen-bond acceptors (Lipinski definition) is 7. The molecule has 4 fully saturated rings. The Balaban J connectivity index is 1.20. The van der Waals surface area contributed by atoms with Crippen molar-refractivity contribution < 1.29 is 45.4 Å². The fourth-order valence-electron chi connectivity index (χ4n) is 4.87. The van der Waals surface area contributed by atoms with Gasteiger partial charge in [0.1, 0.15) is 11.4 Å². The number of rotatable bonds is 7. The topological polar surface area (TPSA) is 95.7 Å². The van der Waals surface area contributed by atoms with Gasteiger partial charge in [-0.25, -0.2) is 8.78 Å². The van der Waals surface area contributed by atoms with Crippen molar-refractivity contribution in [1.29, 1.82) is 0 Å². The summed E-state index contributed by atoms with van der Waals surface area (Å²) in [5.74, 6) is -2.53. The van der Waals surface area contributed by atoms with E-state index < -0.39 is 47.3 Å². The molecule has 1 amide bonds. The van der Waals surface area contributed by atoms with E-state index in [1.54, 1.807) is 0 Å². The molecule has 0 unspecified atom stereocenters. The molecule has 190 valence electrons. The molecule has 8 nitrogen and oxygen atoms in total. The zero-order valence-corrected chi connectivity index (χ0v) is 18.4. The Labute approximate surface area is 196 Å². The number of benzene rings is 1. The summed E-state index contributed by atoms with van der Waals surface area (Å²) in [6.45, 7) is -0.352. The van der Waals surface area contributed by atoms with Crippen molar-refractivity contribution in [3.63, 3.8) is 0 Å². The van der Waals surface area contributed by atoms with Gasteiger partial charge in [0, 0.05) is 6.07 Å². The van der Waals surface area contributed by atoms with Crippen LogP contribution >= 0.6 is 0 Å². The van der Waals surface area contributed by atoms with Gasteiger partial charge in [-0.1, -0.05) is 0 Å². The first-order valence-corrected chi connectivity index (χ1v) is 11.2. The Morgan fingerprint density at radius 1 is 1.06 bits per heavy atom. The van der Waals surface area contributed by atoms with Gasteiger partial charge in [-0.2, -0.15) is 0 Å². The number of nitrogens with zero attached hydrogens (tertiary/aromatic N) is 2. The maximum Gasteiger partial charge on any atom is 0.523 e. The lowest BCUT2D eigenvalue weighted by Crippen LogP contribution is -2.62. The minimum atomic E-state index is -4.83. The fourth-order valence-corrected chi connectivity index (χ4v) is 4.87. The van der Waals surface area contributed by atoms with Crippen LogP contribution in [0.5, 0.6) is 5.75 Å². The molecule has 0 atom stereocenters. The van der Waals surface area contributed by atoms with Crippen LogP contribution in [0.15, 0.2) is 22.6 Å². The van der Waals surface area contributed by atoms with Crippen LogP contribution in [-0.4, -0.2) is 41.2 Å². The fraction of sp³-hybridized carbons (Fsp3) is 0.591. The number of halogens is 5. The van der Waals surface area contributed by atoms with Gasteiger partial charge in [-0.3, -0.25) is 9.53 Å². The average molecular weight is 503 g/mol. The smallest absolute Gasteiger partial charge is 0.481 e. The standard InChI is InChI=1S/C22H22F5N3O5/c23-13-2-3-15(14(24)10-13)32-11-16(31)28-19-6-8-20(9-7-19,33-12-19)17-29-30-18(34-17)21(4-1-5-21)35-22(25,26)27/h2-3,10H,1,4-9,11-12H2,(H,28,31). The summed E-state index contributed by atoms with van der Waals surface area (Å²) >= 11 is 0. The van der Waals surface area contributed by atoms with Crippen LogP contribution in [0, 0.1) is 11.6 Å². The van der Waals surface area contributed by atoms with Gasteiger partial charge in [0.25, 0.3) is 5.91 Å². The molecule has 4 aliphatic rings. The van der Waals surface area contributed by atoms with Crippen LogP contribution in [0.3, 0.4) is 0 Å². The minimum absolute atomic E-state index is 0.0966. The lowest BCUT2D eigenvalue weighted by Gasteiger charge is -2.51. The first-order valence-electron chi connectivity index (χ1n) is 11.2. The summed E-state index contributed by atoms with van der Waals surface area (Å²) in [4.78, 5) is 12.4. The highest BCUT2D eigenvalue weighted by Crippen LogP contribution is 2.51. The van der Waals surface area contributed by atoms with E-state index in [0.29, 0.717) is 38.2 Å². The third kappa shape index (κ3) is 4.58. The van der Waals surface area contributed by atoms with E-state index in [2.05, 4.69) is 20.3 Å². The molecular formula is C22H22F5N3O5. The van der Waals surface area contributed by atoms with Crippen LogP contribution in [0.25, 0.3) is 0 Å². The van der Waals surface area contributed by atoms with Gasteiger partial charge in [-0.15, -0.1) is 23.4 Å². The third-order valence-electron chi connectivity index (χ3n) is 6.97. The Hall–Kier alpha value is -2.80. The van der Waals surface area contributed by atoms with Crippen LogP contribution in [0.2, 0.25) is 0 Å². The predicted molar refractivity (Wildman–Crippen MR) is 106 cm³/mol. The molecule has 2 aromatic rings. The van der Waals surface area contributed by atoms with E-state index in [9.17, 15) is 26.7 Å². The van der Waals surface area contributed by atoms with Gasteiger partial charge >= 0.3 is 6.36 Å². The number of nitrogens with one attached hydrogen (secondary N) is 1. The monoisotopic (exact) mass is 503 g/mol. The van der Waals surface area contributed by atoms with Gasteiger partial charge in [0.15, 0.2) is 23.8 Å². The predicted octanol–water partition coefficient (Wildman–Crippen LogP) is 4.00. The van der Waals surface area contributed by atoms with Crippen LogP contribution < -0.4 is 10.1 Å². The normalized spacial score (nSPS) is 27.3. The van der Waals surface area contributed by atoms with Crippen molar-refractivity contribution in [2.24, 2.45) is 0 Å². The zero-order valence-electron chi connectivity index (χ0n) is 18.4. The number of ether oxygens (including phenoxy) is 3. The highest BCUT2D eigenvalue weighted by Gasteiger charge is 2.56. The Kier molecular flexibility index (Phi) is 5.74. The molecule has 0 spiro atoms. The second-order valence-corrected chi connectivity index (χ2v) is 9.28. The number of amides is 1. The van der Waals surface area contributed by atoms with Gasteiger partial charge in [0.2, 0.25) is 11.8 Å². The third-order valence-corrected chi connectivity index (χ3v) is 6.97. The molecule has 1 aromatic carbocycles. The minimum Gasteiger partial charge on any atom is -0.481 e. The molecule has 1 aromatic heterocycles. The number of hydrogen-bond donors (Lipinski definition) is 1. The van der Waals surface area contributed by atoms with E-state index in [-0.39, 0.29) is 37.0 Å². The van der Waals surface area contributed by atoms with Crippen molar-refractivity contribution in [1.82, 2.24) is 15.5 Å². The summed E-state index contributed by atoms with van der Waals surface area (Å²) < 4.78 is 86.5. The number of aromatic nitrogens is 2. The summed E-state index contributed by atoms with van der Waals surface area (Å²) in [6.07, 6.45) is -2.25. The van der Waals surface area contributed by atoms with E-state index in [1.807, 2.05) is 0 Å². The summed E-state index contributed by atoms with van der Waals surface area (Å²) in [5.41, 5.74) is -3.29. The van der Waals surface area contributed by atoms with E-state index >= 15 is 0 Å². The molecule has 13 heteroatoms. The maximum atomic E-state index is 13.7. The first-order chi connectivity index (χ1) is 16.5. The molecule has 2 bridgehead atoms. The van der Waals surface area contributed by atoms with Crippen molar-refractivity contribution in [2.45, 2.75) is 68.0 Å². The van der Waals surface area contributed by atoms with Crippen molar-refractivity contribution in [3.8, 4) is 5.75 Å². The Bertz CT molecular complexity index is 1090. The highest BCUT2D eigenvalue weighted by atomic mass is 19.4. The number of fused-ring (bicyclic) bond motifs is 3. The molecule has 2 aliphatic carbocycles. The molecular weight excluding hydrogens is 481 g/mol. The van der Waals surface area contributed by atoms with Crippen molar-refractivity contribution in [2.75, 3.05) is 13.2 Å². The molecule has 2 saturated heterocycles. The molecule has 3 heterocycles. The summed E-state index contributed by atoms with van der Waals surface area (Å²) in [7, 11) is 0. The number of alkyl halides is 3. The average Bonchev–Trinajstić information content (AvgIpc) is 3.27. The van der Waals surface area contributed by atoms with E-state index in [4.69, 9.17) is 13.9 Å². The van der Waals surface area contributed by atoms with Gasteiger partial charge in [-0.05, 0) is 57.1 Å². The van der Waals surface area contributed by atoms with E-state index in [0.717, 1.165) is 12.1 Å². The molecule has 35 heavy (non-hydrogen) atoms. The maximum absolute atomic E-state index is 13.7. The lowest BCUT2D eigenvalue weighted by molar-refractivity contribution is -0.387. The van der Waals surface area contributed by atoms with Crippen LogP contribution in [0.4, 0.5) is 22.0 Å². The lowest BCUT2D eigenvalue weighted by atomic mass is 9.71. The largest absolute Gasteiger partial charge is 0.523 e. The first kappa shape index (κ1) is 23.9. The quantitative estimate of drug-likeness (QED) is 0.571. The molecule has 1 N–H and O–H groups in total. The Morgan fingerprint density at radius 3 is 2.34 bits per heavy atom. The van der Waals surface area contributed by atoms with Crippen LogP contribution in [-0.2, 0) is 25.5 Å². The molecule has 2 aliphatic heterocycles. The number of carbonyl (C=O) groups excluding carboxylic acids is 1. The van der Waals surface area contributed by atoms with Gasteiger partial charge < -0.3 is 19.2 Å². The van der Waals surface area contributed by atoms with Crippen LogP contribution in [0.1, 0.15) is 56.7 Å². The molecule has 2 saturated carbocycles.